The molecule has 0 bridgehead atoms. The molecule has 0 radical (unpaired) electrons. The van der Waals surface area contributed by atoms with Gasteiger partial charge in [-0.05, 0) is 68.5 Å². The highest BCUT2D eigenvalue weighted by Crippen LogP contribution is 2.27. The van der Waals surface area contributed by atoms with Crippen LogP contribution < -0.4 is 9.46 Å². The Bertz CT molecular complexity index is 980. The third-order valence-electron chi connectivity index (χ3n) is 4.99. The minimum atomic E-state index is -3.84. The van der Waals surface area contributed by atoms with Crippen molar-refractivity contribution < 1.29 is 17.9 Å². The second kappa shape index (κ2) is 8.22. The highest BCUT2D eigenvalue weighted by molar-refractivity contribution is 7.92. The van der Waals surface area contributed by atoms with Crippen molar-refractivity contribution >= 4 is 21.6 Å². The van der Waals surface area contributed by atoms with Crippen molar-refractivity contribution in [3.8, 4) is 5.75 Å². The van der Waals surface area contributed by atoms with E-state index in [-0.39, 0.29) is 16.4 Å². The predicted octanol–water partition coefficient (Wildman–Crippen LogP) is 3.74. The van der Waals surface area contributed by atoms with Gasteiger partial charge in [-0.3, -0.25) is 9.52 Å². The Morgan fingerprint density at radius 1 is 1.04 bits per heavy atom. The van der Waals surface area contributed by atoms with E-state index < -0.39 is 10.0 Å². The molecule has 2 aromatic rings. The monoisotopic (exact) mass is 402 g/mol. The number of rotatable bonds is 5. The Morgan fingerprint density at radius 2 is 1.75 bits per heavy atom. The van der Waals surface area contributed by atoms with Gasteiger partial charge in [-0.1, -0.05) is 12.1 Å². The molecule has 1 heterocycles. The van der Waals surface area contributed by atoms with Crippen LogP contribution in [0.4, 0.5) is 5.69 Å². The minimum Gasteiger partial charge on any atom is -0.496 e. The summed E-state index contributed by atoms with van der Waals surface area (Å²) in [7, 11) is -2.36. The molecule has 3 rings (SSSR count). The molecule has 0 saturated carbocycles. The largest absolute Gasteiger partial charge is 0.496 e. The molecule has 1 amide bonds. The Labute approximate surface area is 166 Å². The number of benzene rings is 2. The van der Waals surface area contributed by atoms with E-state index in [2.05, 4.69) is 4.72 Å². The molecule has 28 heavy (non-hydrogen) atoms. The van der Waals surface area contributed by atoms with Gasteiger partial charge in [-0.15, -0.1) is 0 Å². The standard InChI is InChI=1S/C21H26N2O4S/c1-15-7-8-16(2)19(13-15)22-28(25,26)17-9-10-20(27-3)18(14-17)21(24)23-11-5-4-6-12-23/h7-10,13-14,22H,4-6,11-12H2,1-3H3. The van der Waals surface area contributed by atoms with Crippen LogP contribution in [0.1, 0.15) is 40.7 Å². The Balaban J connectivity index is 1.95. The minimum absolute atomic E-state index is 0.0366. The van der Waals surface area contributed by atoms with Crippen LogP contribution in [0.25, 0.3) is 0 Å². The van der Waals surface area contributed by atoms with Crippen LogP contribution in [0, 0.1) is 13.8 Å². The maximum Gasteiger partial charge on any atom is 0.261 e. The van der Waals surface area contributed by atoms with E-state index in [4.69, 9.17) is 4.74 Å². The molecule has 0 aromatic heterocycles. The fourth-order valence-electron chi connectivity index (χ4n) is 3.34. The molecule has 0 unspecified atom stereocenters. The van der Waals surface area contributed by atoms with Crippen LogP contribution in [0.2, 0.25) is 0 Å². The zero-order valence-corrected chi connectivity index (χ0v) is 17.3. The number of amides is 1. The molecule has 0 spiro atoms. The van der Waals surface area contributed by atoms with Gasteiger partial charge in [-0.2, -0.15) is 0 Å². The molecule has 1 saturated heterocycles. The van der Waals surface area contributed by atoms with Crippen molar-refractivity contribution in [2.45, 2.75) is 38.0 Å². The van der Waals surface area contributed by atoms with Crippen molar-refractivity contribution in [2.24, 2.45) is 0 Å². The van der Waals surface area contributed by atoms with Crippen LogP contribution in [0.3, 0.4) is 0 Å². The second-order valence-electron chi connectivity index (χ2n) is 7.14. The topological polar surface area (TPSA) is 75.7 Å². The number of hydrogen-bond acceptors (Lipinski definition) is 4. The molecule has 150 valence electrons. The number of nitrogens with one attached hydrogen (secondary N) is 1. The van der Waals surface area contributed by atoms with Crippen molar-refractivity contribution in [3.63, 3.8) is 0 Å². The summed E-state index contributed by atoms with van der Waals surface area (Å²) in [6.07, 6.45) is 3.02. The molecule has 0 aliphatic carbocycles. The Hall–Kier alpha value is -2.54. The van der Waals surface area contributed by atoms with E-state index in [0.29, 0.717) is 24.5 Å². The third kappa shape index (κ3) is 4.30. The first-order valence-corrected chi connectivity index (χ1v) is 10.9. The van der Waals surface area contributed by atoms with Crippen LogP contribution >= 0.6 is 0 Å². The quantitative estimate of drug-likeness (QED) is 0.827. The van der Waals surface area contributed by atoms with E-state index in [9.17, 15) is 13.2 Å². The molecule has 6 nitrogen and oxygen atoms in total. The van der Waals surface area contributed by atoms with Gasteiger partial charge in [0.05, 0.1) is 23.3 Å². The zero-order chi connectivity index (χ0) is 20.3. The lowest BCUT2D eigenvalue weighted by molar-refractivity contribution is 0.0720. The lowest BCUT2D eigenvalue weighted by Gasteiger charge is -2.27. The van der Waals surface area contributed by atoms with E-state index in [1.54, 1.807) is 11.0 Å². The molecule has 1 fully saturated rings. The molecule has 0 atom stereocenters. The number of carbonyl (C=O) groups is 1. The molecule has 1 aliphatic heterocycles. The molecular formula is C21H26N2O4S. The van der Waals surface area contributed by atoms with Crippen molar-refractivity contribution in [3.05, 3.63) is 53.1 Å². The molecular weight excluding hydrogens is 376 g/mol. The fourth-order valence-corrected chi connectivity index (χ4v) is 4.49. The first-order valence-electron chi connectivity index (χ1n) is 9.39. The van der Waals surface area contributed by atoms with Gasteiger partial charge in [0.1, 0.15) is 5.75 Å². The van der Waals surface area contributed by atoms with Gasteiger partial charge >= 0.3 is 0 Å². The average molecular weight is 403 g/mol. The molecule has 1 N–H and O–H groups in total. The number of aryl methyl sites for hydroxylation is 2. The van der Waals surface area contributed by atoms with Gasteiger partial charge < -0.3 is 9.64 Å². The van der Waals surface area contributed by atoms with Crippen LogP contribution in [0.5, 0.6) is 5.75 Å². The van der Waals surface area contributed by atoms with E-state index in [0.717, 1.165) is 30.4 Å². The maximum absolute atomic E-state index is 12.9. The number of piperidine rings is 1. The lowest BCUT2D eigenvalue weighted by atomic mass is 10.1. The Kier molecular flexibility index (Phi) is 5.93. The maximum atomic E-state index is 12.9. The first-order chi connectivity index (χ1) is 13.3. The average Bonchev–Trinajstić information content (AvgIpc) is 2.70. The fraction of sp³-hybridized carbons (Fsp3) is 0.381. The second-order valence-corrected chi connectivity index (χ2v) is 8.82. The smallest absolute Gasteiger partial charge is 0.261 e. The third-order valence-corrected chi connectivity index (χ3v) is 6.36. The van der Waals surface area contributed by atoms with Gasteiger partial charge in [-0.25, -0.2) is 8.42 Å². The SMILES string of the molecule is COc1ccc(S(=O)(=O)Nc2cc(C)ccc2C)cc1C(=O)N1CCCCC1. The van der Waals surface area contributed by atoms with Crippen molar-refractivity contribution in [2.75, 3.05) is 24.9 Å². The summed E-state index contributed by atoms with van der Waals surface area (Å²) in [6.45, 7) is 5.11. The zero-order valence-electron chi connectivity index (χ0n) is 16.5. The lowest BCUT2D eigenvalue weighted by Crippen LogP contribution is -2.35. The summed E-state index contributed by atoms with van der Waals surface area (Å²) in [5, 5.41) is 0. The van der Waals surface area contributed by atoms with Crippen molar-refractivity contribution in [1.29, 1.82) is 0 Å². The Morgan fingerprint density at radius 3 is 2.43 bits per heavy atom. The highest BCUT2D eigenvalue weighted by Gasteiger charge is 2.24. The number of methoxy groups -OCH3 is 1. The molecule has 1 aliphatic rings. The van der Waals surface area contributed by atoms with Crippen LogP contribution in [-0.2, 0) is 10.0 Å². The highest BCUT2D eigenvalue weighted by atomic mass is 32.2. The summed E-state index contributed by atoms with van der Waals surface area (Å²) in [5.41, 5.74) is 2.58. The van der Waals surface area contributed by atoms with Crippen LogP contribution in [0.15, 0.2) is 41.3 Å². The van der Waals surface area contributed by atoms with Gasteiger partial charge in [0.2, 0.25) is 0 Å². The molecule has 2 aromatic carbocycles. The van der Waals surface area contributed by atoms with E-state index in [1.165, 1.54) is 25.3 Å². The number of nitrogens with zero attached hydrogens (tertiary/aromatic N) is 1. The normalized spacial score (nSPS) is 14.6. The van der Waals surface area contributed by atoms with Gasteiger partial charge in [0, 0.05) is 13.1 Å². The van der Waals surface area contributed by atoms with Gasteiger partial charge in [0.15, 0.2) is 0 Å². The number of anilines is 1. The van der Waals surface area contributed by atoms with E-state index >= 15 is 0 Å². The number of hydrogen-bond donors (Lipinski definition) is 1. The van der Waals surface area contributed by atoms with Crippen molar-refractivity contribution in [1.82, 2.24) is 4.90 Å². The number of ether oxygens (including phenoxy) is 1. The predicted molar refractivity (Wildman–Crippen MR) is 109 cm³/mol. The van der Waals surface area contributed by atoms with E-state index in [1.807, 2.05) is 26.0 Å². The summed E-state index contributed by atoms with van der Waals surface area (Å²) in [5.74, 6) is 0.182. The summed E-state index contributed by atoms with van der Waals surface area (Å²) in [4.78, 5) is 14.7. The number of likely N-dealkylation sites (tertiary alicyclic amines) is 1. The first kappa shape index (κ1) is 20.2. The molecule has 7 heteroatoms. The van der Waals surface area contributed by atoms with Crippen LogP contribution in [-0.4, -0.2) is 39.4 Å². The van der Waals surface area contributed by atoms with Gasteiger partial charge in [0.25, 0.3) is 15.9 Å². The summed E-state index contributed by atoms with van der Waals surface area (Å²) < 4.78 is 33.8. The summed E-state index contributed by atoms with van der Waals surface area (Å²) >= 11 is 0. The number of sulfonamides is 1. The summed E-state index contributed by atoms with van der Waals surface area (Å²) in [6, 6.07) is 9.98. The number of carbonyl (C=O) groups excluding carboxylic acids is 1.